The molecule has 0 saturated carbocycles. The highest BCUT2D eigenvalue weighted by molar-refractivity contribution is 7.90. The van der Waals surface area contributed by atoms with Gasteiger partial charge in [0.15, 0.2) is 0 Å². The van der Waals surface area contributed by atoms with Gasteiger partial charge < -0.3 is 9.84 Å². The van der Waals surface area contributed by atoms with Crippen LogP contribution in [0.4, 0.5) is 0 Å². The van der Waals surface area contributed by atoms with Gasteiger partial charge in [0.25, 0.3) is 15.9 Å². The molecule has 1 atom stereocenters. The molecule has 0 saturated heterocycles. The first-order chi connectivity index (χ1) is 14.9. The van der Waals surface area contributed by atoms with E-state index in [9.17, 15) is 18.3 Å². The smallest absolute Gasteiger partial charge is 0.269 e. The zero-order valence-corrected chi connectivity index (χ0v) is 17.1. The van der Waals surface area contributed by atoms with Gasteiger partial charge in [-0.2, -0.15) is 5.26 Å². The summed E-state index contributed by atoms with van der Waals surface area (Å²) in [7, 11) is -3.97. The number of benzene rings is 3. The standard InChI is InChI=1S/C23H18N2O5S/c24-13-16-5-7-17(8-6-16)18-9-11-20(12-10-18)30-15-19(26)14-25-23(27)21-3-1-2-4-22(21)31(25,28)29/h1-12,19,26H,14-15H2/t19-/m1/s1. The Balaban J connectivity index is 1.37. The molecule has 0 spiro atoms. The van der Waals surface area contributed by atoms with E-state index in [4.69, 9.17) is 10.00 Å². The van der Waals surface area contributed by atoms with Crippen molar-refractivity contribution in [1.29, 1.82) is 5.26 Å². The molecule has 3 aromatic carbocycles. The lowest BCUT2D eigenvalue weighted by atomic mass is 10.0. The number of hydrogen-bond donors (Lipinski definition) is 1. The van der Waals surface area contributed by atoms with Crippen LogP contribution in [0.3, 0.4) is 0 Å². The van der Waals surface area contributed by atoms with Crippen LogP contribution in [0.2, 0.25) is 0 Å². The molecule has 0 aromatic heterocycles. The number of amides is 1. The minimum absolute atomic E-state index is 0.0495. The predicted octanol–water partition coefficient (Wildman–Crippen LogP) is 2.81. The summed E-state index contributed by atoms with van der Waals surface area (Å²) in [6.45, 7) is -0.564. The molecular weight excluding hydrogens is 416 g/mol. The lowest BCUT2D eigenvalue weighted by Gasteiger charge is -2.19. The maximum atomic E-state index is 12.6. The number of rotatable bonds is 6. The highest BCUT2D eigenvalue weighted by Crippen LogP contribution is 2.30. The molecule has 31 heavy (non-hydrogen) atoms. The second-order valence-electron chi connectivity index (χ2n) is 7.02. The van der Waals surface area contributed by atoms with Crippen molar-refractivity contribution in [2.24, 2.45) is 0 Å². The highest BCUT2D eigenvalue weighted by atomic mass is 32.2. The Bertz CT molecular complexity index is 1260. The second kappa shape index (κ2) is 8.22. The van der Waals surface area contributed by atoms with Crippen LogP contribution in [-0.2, 0) is 10.0 Å². The van der Waals surface area contributed by atoms with Crippen molar-refractivity contribution >= 4 is 15.9 Å². The summed E-state index contributed by atoms with van der Waals surface area (Å²) in [5.74, 6) is -0.156. The lowest BCUT2D eigenvalue weighted by Crippen LogP contribution is -2.39. The van der Waals surface area contributed by atoms with Gasteiger partial charge in [0, 0.05) is 0 Å². The van der Waals surface area contributed by atoms with E-state index in [0.717, 1.165) is 11.1 Å². The number of carbonyl (C=O) groups excluding carboxylic acids is 1. The van der Waals surface area contributed by atoms with Gasteiger partial charge in [0.1, 0.15) is 23.4 Å². The fourth-order valence-corrected chi connectivity index (χ4v) is 4.94. The number of carbonyl (C=O) groups is 1. The molecule has 0 aliphatic carbocycles. The van der Waals surface area contributed by atoms with E-state index in [2.05, 4.69) is 6.07 Å². The van der Waals surface area contributed by atoms with E-state index in [-0.39, 0.29) is 23.6 Å². The normalized spacial score (nSPS) is 15.2. The minimum atomic E-state index is -3.97. The van der Waals surface area contributed by atoms with Crippen LogP contribution < -0.4 is 4.74 Å². The van der Waals surface area contributed by atoms with Gasteiger partial charge in [-0.1, -0.05) is 36.4 Å². The number of fused-ring (bicyclic) bond motifs is 1. The molecule has 1 heterocycles. The van der Waals surface area contributed by atoms with E-state index in [1.807, 2.05) is 24.3 Å². The molecule has 1 N–H and O–H groups in total. The molecule has 1 aliphatic heterocycles. The Hall–Kier alpha value is -3.67. The molecule has 1 aliphatic rings. The van der Waals surface area contributed by atoms with Crippen molar-refractivity contribution in [2.75, 3.05) is 13.2 Å². The van der Waals surface area contributed by atoms with E-state index < -0.39 is 22.0 Å². The van der Waals surface area contributed by atoms with Crippen molar-refractivity contribution in [3.05, 3.63) is 83.9 Å². The van der Waals surface area contributed by atoms with Gasteiger partial charge in [-0.15, -0.1) is 0 Å². The fraction of sp³-hybridized carbons (Fsp3) is 0.130. The molecule has 0 unspecified atom stereocenters. The highest BCUT2D eigenvalue weighted by Gasteiger charge is 2.41. The molecule has 8 heteroatoms. The SMILES string of the molecule is N#Cc1ccc(-c2ccc(OC[C@H](O)CN3C(=O)c4ccccc4S3(=O)=O)cc2)cc1. The average Bonchev–Trinajstić information content (AvgIpc) is 2.99. The van der Waals surface area contributed by atoms with Gasteiger partial charge in [0.05, 0.1) is 23.7 Å². The van der Waals surface area contributed by atoms with Crippen LogP contribution in [-0.4, -0.2) is 43.0 Å². The van der Waals surface area contributed by atoms with E-state index in [0.29, 0.717) is 15.6 Å². The van der Waals surface area contributed by atoms with Crippen molar-refractivity contribution in [1.82, 2.24) is 4.31 Å². The summed E-state index contributed by atoms with van der Waals surface area (Å²) in [5, 5.41) is 19.1. The first-order valence-corrected chi connectivity index (χ1v) is 10.9. The first-order valence-electron chi connectivity index (χ1n) is 9.48. The monoisotopic (exact) mass is 434 g/mol. The summed E-state index contributed by atoms with van der Waals surface area (Å²) in [4.78, 5) is 12.4. The van der Waals surface area contributed by atoms with Crippen molar-refractivity contribution < 1.29 is 23.1 Å². The second-order valence-corrected chi connectivity index (χ2v) is 8.85. The molecule has 156 valence electrons. The summed E-state index contributed by atoms with van der Waals surface area (Å²) in [6.07, 6.45) is -1.19. The number of aliphatic hydroxyl groups is 1. The van der Waals surface area contributed by atoms with Gasteiger partial charge in [-0.25, -0.2) is 12.7 Å². The average molecular weight is 434 g/mol. The Kier molecular flexibility index (Phi) is 5.46. The van der Waals surface area contributed by atoms with Crippen LogP contribution in [0, 0.1) is 11.3 Å². The molecule has 3 aromatic rings. The Labute approximate surface area is 179 Å². The summed E-state index contributed by atoms with van der Waals surface area (Å²) in [5.41, 5.74) is 2.57. The van der Waals surface area contributed by atoms with E-state index >= 15 is 0 Å². The fourth-order valence-electron chi connectivity index (χ4n) is 3.33. The molecule has 0 fully saturated rings. The number of sulfonamides is 1. The quantitative estimate of drug-likeness (QED) is 0.639. The molecular formula is C23H18N2O5S. The Morgan fingerprint density at radius 1 is 0.968 bits per heavy atom. The van der Waals surface area contributed by atoms with Crippen LogP contribution in [0.5, 0.6) is 5.75 Å². The summed E-state index contributed by atoms with van der Waals surface area (Å²) in [6, 6.07) is 22.4. The van der Waals surface area contributed by atoms with Crippen LogP contribution in [0.15, 0.2) is 77.7 Å². The zero-order chi connectivity index (χ0) is 22.0. The number of nitriles is 1. The molecule has 0 radical (unpaired) electrons. The largest absolute Gasteiger partial charge is 0.491 e. The third-order valence-corrected chi connectivity index (χ3v) is 6.74. The van der Waals surface area contributed by atoms with Crippen LogP contribution in [0.1, 0.15) is 15.9 Å². The van der Waals surface area contributed by atoms with Crippen LogP contribution in [0.25, 0.3) is 11.1 Å². The third kappa shape index (κ3) is 4.01. The number of β-amino-alcohol motifs (C(OH)–C–C–N with tert-alkyl or cyclic N) is 1. The molecule has 7 nitrogen and oxygen atoms in total. The molecule has 0 bridgehead atoms. The van der Waals surface area contributed by atoms with Gasteiger partial charge in [-0.3, -0.25) is 4.79 Å². The van der Waals surface area contributed by atoms with Crippen molar-refractivity contribution in [3.63, 3.8) is 0 Å². The number of aliphatic hydroxyl groups excluding tert-OH is 1. The number of nitrogens with zero attached hydrogens (tertiary/aromatic N) is 2. The van der Waals surface area contributed by atoms with Crippen molar-refractivity contribution in [2.45, 2.75) is 11.0 Å². The van der Waals surface area contributed by atoms with Crippen molar-refractivity contribution in [3.8, 4) is 22.9 Å². The van der Waals surface area contributed by atoms with Gasteiger partial charge in [0.2, 0.25) is 0 Å². The molecule has 1 amide bonds. The minimum Gasteiger partial charge on any atom is -0.491 e. The Morgan fingerprint density at radius 3 is 2.19 bits per heavy atom. The lowest BCUT2D eigenvalue weighted by molar-refractivity contribution is 0.0687. The van der Waals surface area contributed by atoms with E-state index in [1.54, 1.807) is 36.4 Å². The van der Waals surface area contributed by atoms with Crippen LogP contribution >= 0.6 is 0 Å². The maximum absolute atomic E-state index is 12.6. The molecule has 4 rings (SSSR count). The third-order valence-electron chi connectivity index (χ3n) is 4.93. The summed E-state index contributed by atoms with van der Waals surface area (Å²) >= 11 is 0. The topological polar surface area (TPSA) is 108 Å². The first kappa shape index (κ1) is 20.6. The zero-order valence-electron chi connectivity index (χ0n) is 16.3. The predicted molar refractivity (Wildman–Crippen MR) is 113 cm³/mol. The Morgan fingerprint density at radius 2 is 1.58 bits per heavy atom. The number of hydrogen-bond acceptors (Lipinski definition) is 6. The van der Waals surface area contributed by atoms with Gasteiger partial charge >= 0.3 is 0 Å². The van der Waals surface area contributed by atoms with Gasteiger partial charge in [-0.05, 0) is 47.5 Å². The number of ether oxygens (including phenoxy) is 1. The summed E-state index contributed by atoms with van der Waals surface area (Å²) < 4.78 is 31.3. The van der Waals surface area contributed by atoms with E-state index in [1.165, 1.54) is 12.1 Å². The maximum Gasteiger partial charge on any atom is 0.269 e.